The molecule has 0 saturated carbocycles. The largest absolute Gasteiger partial charge is 0.366 e. The van der Waals surface area contributed by atoms with Crippen LogP contribution in [0.1, 0.15) is 16.7 Å². The van der Waals surface area contributed by atoms with Crippen LogP contribution in [0.2, 0.25) is 0 Å². The third-order valence-corrected chi connectivity index (χ3v) is 2.68. The molecule has 4 N–H and O–H groups in total. The molecule has 0 aliphatic heterocycles. The Morgan fingerprint density at radius 1 is 1.22 bits per heavy atom. The molecule has 0 radical (unpaired) electrons. The Balaban J connectivity index is 2.13. The van der Waals surface area contributed by atoms with Crippen molar-refractivity contribution < 1.29 is 0 Å². The summed E-state index contributed by atoms with van der Waals surface area (Å²) in [6.07, 6.45) is 5.35. The van der Waals surface area contributed by atoms with Crippen LogP contribution in [0, 0.1) is 13.8 Å². The molecule has 0 aliphatic carbocycles. The summed E-state index contributed by atoms with van der Waals surface area (Å²) in [6.45, 7) is 4.67. The van der Waals surface area contributed by atoms with Gasteiger partial charge in [-0.1, -0.05) is 0 Å². The highest BCUT2D eigenvalue weighted by Gasteiger charge is 2.03. The van der Waals surface area contributed by atoms with Crippen LogP contribution in [0.15, 0.2) is 24.7 Å². The normalized spacial score (nSPS) is 10.2. The molecule has 2 heterocycles. The van der Waals surface area contributed by atoms with Crippen molar-refractivity contribution in [3.8, 4) is 0 Å². The van der Waals surface area contributed by atoms with Crippen LogP contribution >= 0.6 is 0 Å². The van der Waals surface area contributed by atoms with Gasteiger partial charge in [-0.2, -0.15) is 4.98 Å². The van der Waals surface area contributed by atoms with Crippen LogP contribution in [-0.4, -0.2) is 15.0 Å². The molecule has 0 aromatic carbocycles. The van der Waals surface area contributed by atoms with Crippen LogP contribution < -0.4 is 16.6 Å². The van der Waals surface area contributed by atoms with Crippen LogP contribution in [0.3, 0.4) is 0 Å². The summed E-state index contributed by atoms with van der Waals surface area (Å²) in [5, 5.41) is 3.27. The number of anilines is 2. The Kier molecular flexibility index (Phi) is 3.69. The highest BCUT2D eigenvalue weighted by atomic mass is 15.3. The van der Waals surface area contributed by atoms with Crippen molar-refractivity contribution in [2.75, 3.05) is 10.7 Å². The average molecular weight is 244 g/mol. The fourth-order valence-corrected chi connectivity index (χ4v) is 1.57. The molecular formula is C12H16N6. The van der Waals surface area contributed by atoms with Crippen LogP contribution in [-0.2, 0) is 6.54 Å². The highest BCUT2D eigenvalue weighted by Crippen LogP contribution is 2.14. The summed E-state index contributed by atoms with van der Waals surface area (Å²) in [6, 6.07) is 1.99. The van der Waals surface area contributed by atoms with Crippen molar-refractivity contribution in [1.82, 2.24) is 15.0 Å². The predicted octanol–water partition coefficient (Wildman–Crippen LogP) is 1.39. The van der Waals surface area contributed by atoms with Gasteiger partial charge in [-0.05, 0) is 31.0 Å². The van der Waals surface area contributed by atoms with Gasteiger partial charge in [0.1, 0.15) is 5.82 Å². The average Bonchev–Trinajstić information content (AvgIpc) is 2.39. The summed E-state index contributed by atoms with van der Waals surface area (Å²) in [5.74, 6) is 6.46. The van der Waals surface area contributed by atoms with Gasteiger partial charge in [0.2, 0.25) is 5.95 Å². The minimum Gasteiger partial charge on any atom is -0.366 e. The molecule has 18 heavy (non-hydrogen) atoms. The van der Waals surface area contributed by atoms with E-state index >= 15 is 0 Å². The Labute approximate surface area is 106 Å². The first kappa shape index (κ1) is 12.3. The van der Waals surface area contributed by atoms with Gasteiger partial charge in [-0.25, -0.2) is 10.8 Å². The lowest BCUT2D eigenvalue weighted by molar-refractivity contribution is 1.03. The lowest BCUT2D eigenvalue weighted by Gasteiger charge is -2.10. The maximum absolute atomic E-state index is 5.29. The van der Waals surface area contributed by atoms with Crippen molar-refractivity contribution in [3.63, 3.8) is 0 Å². The standard InChI is InChI=1S/C12H16N6/c1-8-5-14-4-3-10(8)7-15-11-9(2)6-16-12(17-11)18-13/h3-6H,7,13H2,1-2H3,(H2,15,16,17,18). The van der Waals surface area contributed by atoms with Gasteiger partial charge in [0.15, 0.2) is 0 Å². The zero-order valence-electron chi connectivity index (χ0n) is 10.4. The predicted molar refractivity (Wildman–Crippen MR) is 70.9 cm³/mol. The van der Waals surface area contributed by atoms with Gasteiger partial charge >= 0.3 is 0 Å². The summed E-state index contributed by atoms with van der Waals surface area (Å²) in [7, 11) is 0. The van der Waals surface area contributed by atoms with Crippen molar-refractivity contribution in [2.24, 2.45) is 5.84 Å². The van der Waals surface area contributed by atoms with E-state index in [1.54, 1.807) is 12.4 Å². The maximum Gasteiger partial charge on any atom is 0.239 e. The molecule has 0 aliphatic rings. The van der Waals surface area contributed by atoms with E-state index in [-0.39, 0.29) is 0 Å². The molecule has 0 atom stereocenters. The third kappa shape index (κ3) is 2.72. The number of nitrogen functional groups attached to an aromatic ring is 1. The summed E-state index contributed by atoms with van der Waals surface area (Å²) in [4.78, 5) is 12.4. The molecule has 0 saturated heterocycles. The van der Waals surface area contributed by atoms with Gasteiger partial charge in [0.05, 0.1) is 0 Å². The lowest BCUT2D eigenvalue weighted by Crippen LogP contribution is -2.12. The molecule has 0 unspecified atom stereocenters. The molecule has 2 aromatic rings. The van der Waals surface area contributed by atoms with E-state index in [2.05, 4.69) is 25.7 Å². The minimum absolute atomic E-state index is 0.398. The molecule has 0 spiro atoms. The number of hydrogen-bond acceptors (Lipinski definition) is 6. The van der Waals surface area contributed by atoms with Gasteiger partial charge in [-0.3, -0.25) is 10.4 Å². The number of hydrazine groups is 1. The zero-order valence-corrected chi connectivity index (χ0v) is 10.4. The van der Waals surface area contributed by atoms with Crippen molar-refractivity contribution in [1.29, 1.82) is 0 Å². The van der Waals surface area contributed by atoms with E-state index in [0.717, 1.165) is 16.9 Å². The second-order valence-electron chi connectivity index (χ2n) is 4.03. The number of nitrogens with zero attached hydrogens (tertiary/aromatic N) is 3. The molecule has 6 heteroatoms. The van der Waals surface area contributed by atoms with E-state index < -0.39 is 0 Å². The highest BCUT2D eigenvalue weighted by molar-refractivity contribution is 5.46. The van der Waals surface area contributed by atoms with E-state index in [1.807, 2.05) is 26.1 Å². The van der Waals surface area contributed by atoms with E-state index in [1.165, 1.54) is 5.56 Å². The third-order valence-electron chi connectivity index (χ3n) is 2.68. The number of aromatic nitrogens is 3. The number of aryl methyl sites for hydroxylation is 2. The second-order valence-corrected chi connectivity index (χ2v) is 4.03. The van der Waals surface area contributed by atoms with E-state index in [9.17, 15) is 0 Å². The smallest absolute Gasteiger partial charge is 0.239 e. The Morgan fingerprint density at radius 2 is 2.06 bits per heavy atom. The summed E-state index contributed by atoms with van der Waals surface area (Å²) in [5.41, 5.74) is 5.74. The molecule has 6 nitrogen and oxygen atoms in total. The first-order chi connectivity index (χ1) is 8.70. The lowest BCUT2D eigenvalue weighted by atomic mass is 10.1. The topological polar surface area (TPSA) is 88.8 Å². The summed E-state index contributed by atoms with van der Waals surface area (Å²) >= 11 is 0. The van der Waals surface area contributed by atoms with E-state index in [0.29, 0.717) is 12.5 Å². The van der Waals surface area contributed by atoms with Crippen LogP contribution in [0.25, 0.3) is 0 Å². The number of nitrogens with two attached hydrogens (primary N) is 1. The van der Waals surface area contributed by atoms with Crippen LogP contribution in [0.5, 0.6) is 0 Å². The van der Waals surface area contributed by atoms with Crippen molar-refractivity contribution >= 4 is 11.8 Å². The van der Waals surface area contributed by atoms with E-state index in [4.69, 9.17) is 5.84 Å². The Morgan fingerprint density at radius 3 is 2.78 bits per heavy atom. The summed E-state index contributed by atoms with van der Waals surface area (Å²) < 4.78 is 0. The van der Waals surface area contributed by atoms with Crippen molar-refractivity contribution in [2.45, 2.75) is 20.4 Å². The molecule has 0 fully saturated rings. The second kappa shape index (κ2) is 5.42. The fourth-order valence-electron chi connectivity index (χ4n) is 1.57. The number of nitrogens with one attached hydrogen (secondary N) is 2. The molecule has 2 rings (SSSR count). The first-order valence-electron chi connectivity index (χ1n) is 5.64. The monoisotopic (exact) mass is 244 g/mol. The quantitative estimate of drug-likeness (QED) is 0.556. The molecular weight excluding hydrogens is 228 g/mol. The SMILES string of the molecule is Cc1cnccc1CNc1nc(NN)ncc1C. The molecule has 94 valence electrons. The molecule has 0 bridgehead atoms. The number of rotatable bonds is 4. The van der Waals surface area contributed by atoms with Crippen LogP contribution in [0.4, 0.5) is 11.8 Å². The van der Waals surface area contributed by atoms with Gasteiger partial charge in [-0.15, -0.1) is 0 Å². The molecule has 0 amide bonds. The van der Waals surface area contributed by atoms with Gasteiger partial charge in [0.25, 0.3) is 0 Å². The Bertz CT molecular complexity index is 540. The van der Waals surface area contributed by atoms with Gasteiger partial charge < -0.3 is 5.32 Å². The minimum atomic E-state index is 0.398. The zero-order chi connectivity index (χ0) is 13.0. The first-order valence-corrected chi connectivity index (χ1v) is 5.64. The number of hydrogen-bond donors (Lipinski definition) is 3. The number of pyridine rings is 1. The van der Waals surface area contributed by atoms with Gasteiger partial charge in [0, 0.05) is 30.7 Å². The molecule has 2 aromatic heterocycles. The maximum atomic E-state index is 5.29. The fraction of sp³-hybridized carbons (Fsp3) is 0.250. The Hall–Kier alpha value is -2.21. The van der Waals surface area contributed by atoms with Crippen molar-refractivity contribution in [3.05, 3.63) is 41.3 Å².